The van der Waals surface area contributed by atoms with E-state index in [1.165, 1.54) is 44.5 Å². The molecule has 1 atom stereocenters. The van der Waals surface area contributed by atoms with Gasteiger partial charge in [-0.25, -0.2) is 0 Å². The SMILES string of the molecule is CSCC(C)N(C)CCCCCCNCC(C)C. The van der Waals surface area contributed by atoms with Gasteiger partial charge >= 0.3 is 0 Å². The van der Waals surface area contributed by atoms with Gasteiger partial charge in [0.25, 0.3) is 0 Å². The molecule has 0 aromatic rings. The molecule has 3 heteroatoms. The zero-order valence-electron chi connectivity index (χ0n) is 13.2. The molecule has 1 N–H and O–H groups in total. The lowest BCUT2D eigenvalue weighted by Gasteiger charge is -2.23. The summed E-state index contributed by atoms with van der Waals surface area (Å²) in [4.78, 5) is 2.49. The Balaban J connectivity index is 3.24. The molecule has 0 radical (unpaired) electrons. The minimum absolute atomic E-state index is 0.715. The van der Waals surface area contributed by atoms with Crippen LogP contribution in [0.25, 0.3) is 0 Å². The molecule has 2 nitrogen and oxygen atoms in total. The highest BCUT2D eigenvalue weighted by Crippen LogP contribution is 2.06. The number of hydrogen-bond donors (Lipinski definition) is 1. The first-order valence-electron chi connectivity index (χ1n) is 7.47. The van der Waals surface area contributed by atoms with Crippen molar-refractivity contribution >= 4 is 11.8 Å². The Kier molecular flexibility index (Phi) is 12.5. The maximum atomic E-state index is 3.51. The zero-order valence-corrected chi connectivity index (χ0v) is 14.0. The zero-order chi connectivity index (χ0) is 13.8. The van der Waals surface area contributed by atoms with E-state index in [1.54, 1.807) is 0 Å². The fourth-order valence-electron chi connectivity index (χ4n) is 1.94. The molecule has 0 rings (SSSR count). The summed E-state index contributed by atoms with van der Waals surface area (Å²) in [6.07, 6.45) is 7.61. The van der Waals surface area contributed by atoms with Crippen LogP contribution in [0.1, 0.15) is 46.5 Å². The average molecular weight is 275 g/mol. The summed E-state index contributed by atoms with van der Waals surface area (Å²) in [5.41, 5.74) is 0. The lowest BCUT2D eigenvalue weighted by atomic mass is 10.1. The van der Waals surface area contributed by atoms with Crippen LogP contribution >= 0.6 is 11.8 Å². The van der Waals surface area contributed by atoms with Gasteiger partial charge in [0.1, 0.15) is 0 Å². The van der Waals surface area contributed by atoms with Gasteiger partial charge in [0, 0.05) is 11.8 Å². The Bertz CT molecular complexity index is 174. The monoisotopic (exact) mass is 274 g/mol. The highest BCUT2D eigenvalue weighted by molar-refractivity contribution is 7.98. The summed E-state index contributed by atoms with van der Waals surface area (Å²) in [6, 6.07) is 0.715. The maximum absolute atomic E-state index is 3.51. The van der Waals surface area contributed by atoms with Crippen molar-refractivity contribution in [2.45, 2.75) is 52.5 Å². The van der Waals surface area contributed by atoms with Crippen molar-refractivity contribution in [3.63, 3.8) is 0 Å². The average Bonchev–Trinajstić information content (AvgIpc) is 2.32. The quantitative estimate of drug-likeness (QED) is 0.549. The summed E-state index contributed by atoms with van der Waals surface area (Å²) < 4.78 is 0. The number of rotatable bonds is 12. The van der Waals surface area contributed by atoms with Crippen LogP contribution in [-0.2, 0) is 0 Å². The molecule has 0 bridgehead atoms. The molecule has 18 heavy (non-hydrogen) atoms. The molecule has 0 aliphatic heterocycles. The predicted molar refractivity (Wildman–Crippen MR) is 86.6 cm³/mol. The molecule has 110 valence electrons. The van der Waals surface area contributed by atoms with E-state index in [0.717, 1.165) is 12.5 Å². The van der Waals surface area contributed by atoms with Crippen LogP contribution in [-0.4, -0.2) is 49.6 Å². The number of hydrogen-bond acceptors (Lipinski definition) is 3. The predicted octanol–water partition coefficient (Wildman–Crippen LogP) is 3.48. The van der Waals surface area contributed by atoms with Crippen LogP contribution in [0.2, 0.25) is 0 Å². The summed E-state index contributed by atoms with van der Waals surface area (Å²) in [6.45, 7) is 10.5. The van der Waals surface area contributed by atoms with Crippen LogP contribution in [0.3, 0.4) is 0 Å². The standard InChI is InChI=1S/C15H34N2S/c1-14(2)12-16-10-8-6-7-9-11-17(4)15(3)13-18-5/h14-16H,6-13H2,1-5H3. The number of thioether (sulfide) groups is 1. The molecule has 0 aromatic heterocycles. The Morgan fingerprint density at radius 2 is 1.72 bits per heavy atom. The molecular weight excluding hydrogens is 240 g/mol. The van der Waals surface area contributed by atoms with Gasteiger partial charge in [0.05, 0.1) is 0 Å². The van der Waals surface area contributed by atoms with Gasteiger partial charge in [0.15, 0.2) is 0 Å². The minimum Gasteiger partial charge on any atom is -0.316 e. The molecular formula is C15H34N2S. The van der Waals surface area contributed by atoms with E-state index in [0.29, 0.717) is 6.04 Å². The molecule has 0 aliphatic rings. The molecule has 0 saturated carbocycles. The van der Waals surface area contributed by atoms with Gasteiger partial charge in [0.2, 0.25) is 0 Å². The first-order valence-corrected chi connectivity index (χ1v) is 8.87. The second kappa shape index (κ2) is 12.3. The summed E-state index contributed by atoms with van der Waals surface area (Å²) in [5.74, 6) is 2.02. The molecule has 0 amide bonds. The normalized spacial score (nSPS) is 13.5. The minimum atomic E-state index is 0.715. The number of nitrogens with zero attached hydrogens (tertiary/aromatic N) is 1. The van der Waals surface area contributed by atoms with Crippen LogP contribution < -0.4 is 5.32 Å². The van der Waals surface area contributed by atoms with Crippen LogP contribution in [0.4, 0.5) is 0 Å². The van der Waals surface area contributed by atoms with E-state index in [-0.39, 0.29) is 0 Å². The molecule has 0 spiro atoms. The van der Waals surface area contributed by atoms with Crippen molar-refractivity contribution in [2.75, 3.05) is 38.7 Å². The smallest absolute Gasteiger partial charge is 0.0154 e. The van der Waals surface area contributed by atoms with E-state index in [4.69, 9.17) is 0 Å². The fraction of sp³-hybridized carbons (Fsp3) is 1.00. The molecule has 0 aliphatic carbocycles. The van der Waals surface area contributed by atoms with Gasteiger partial charge in [-0.3, -0.25) is 0 Å². The summed E-state index contributed by atoms with van der Waals surface area (Å²) in [5, 5.41) is 3.51. The van der Waals surface area contributed by atoms with Crippen molar-refractivity contribution in [1.82, 2.24) is 10.2 Å². The van der Waals surface area contributed by atoms with Crippen molar-refractivity contribution in [2.24, 2.45) is 5.92 Å². The van der Waals surface area contributed by atoms with Crippen LogP contribution in [0, 0.1) is 5.92 Å². The third-order valence-corrected chi connectivity index (χ3v) is 4.14. The van der Waals surface area contributed by atoms with Gasteiger partial charge < -0.3 is 10.2 Å². The van der Waals surface area contributed by atoms with E-state index in [1.807, 2.05) is 11.8 Å². The van der Waals surface area contributed by atoms with E-state index < -0.39 is 0 Å². The fourth-order valence-corrected chi connectivity index (χ4v) is 2.68. The largest absolute Gasteiger partial charge is 0.316 e. The Hall–Kier alpha value is 0.270. The van der Waals surface area contributed by atoms with E-state index >= 15 is 0 Å². The Morgan fingerprint density at radius 1 is 1.06 bits per heavy atom. The van der Waals surface area contributed by atoms with Crippen molar-refractivity contribution in [3.05, 3.63) is 0 Å². The van der Waals surface area contributed by atoms with Crippen molar-refractivity contribution in [1.29, 1.82) is 0 Å². The topological polar surface area (TPSA) is 15.3 Å². The van der Waals surface area contributed by atoms with Gasteiger partial charge in [-0.2, -0.15) is 11.8 Å². The third kappa shape index (κ3) is 11.4. The molecule has 1 unspecified atom stereocenters. The second-order valence-corrected chi connectivity index (χ2v) is 6.71. The summed E-state index contributed by atoms with van der Waals surface area (Å²) >= 11 is 1.94. The van der Waals surface area contributed by atoms with Crippen molar-refractivity contribution in [3.8, 4) is 0 Å². The highest BCUT2D eigenvalue weighted by atomic mass is 32.2. The third-order valence-electron chi connectivity index (χ3n) is 3.33. The second-order valence-electron chi connectivity index (χ2n) is 5.80. The summed E-state index contributed by atoms with van der Waals surface area (Å²) in [7, 11) is 2.26. The first-order chi connectivity index (χ1) is 8.57. The van der Waals surface area contributed by atoms with E-state index in [2.05, 4.69) is 44.3 Å². The Labute approximate surface area is 119 Å². The number of unbranched alkanes of at least 4 members (excludes halogenated alkanes) is 3. The van der Waals surface area contributed by atoms with Gasteiger partial charge in [-0.05, 0) is 58.6 Å². The van der Waals surface area contributed by atoms with E-state index in [9.17, 15) is 0 Å². The van der Waals surface area contributed by atoms with Crippen molar-refractivity contribution < 1.29 is 0 Å². The molecule has 0 heterocycles. The maximum Gasteiger partial charge on any atom is 0.0154 e. The van der Waals surface area contributed by atoms with Gasteiger partial charge in [-0.15, -0.1) is 0 Å². The van der Waals surface area contributed by atoms with Gasteiger partial charge in [-0.1, -0.05) is 26.7 Å². The Morgan fingerprint density at radius 3 is 2.33 bits per heavy atom. The lowest BCUT2D eigenvalue weighted by molar-refractivity contribution is 0.271. The molecule has 0 aromatic carbocycles. The molecule has 0 fully saturated rings. The van der Waals surface area contributed by atoms with Crippen LogP contribution in [0.15, 0.2) is 0 Å². The lowest BCUT2D eigenvalue weighted by Crippen LogP contribution is -2.31. The highest BCUT2D eigenvalue weighted by Gasteiger charge is 2.06. The molecule has 0 saturated heterocycles. The first kappa shape index (κ1) is 18.3. The number of nitrogens with one attached hydrogen (secondary N) is 1. The van der Waals surface area contributed by atoms with Crippen LogP contribution in [0.5, 0.6) is 0 Å².